The monoisotopic (exact) mass is 518 g/mol. The Morgan fingerprint density at radius 1 is 0.895 bits per heavy atom. The van der Waals surface area contributed by atoms with E-state index in [0.717, 1.165) is 23.1 Å². The molecular weight excluding hydrogens is 480 g/mol. The van der Waals surface area contributed by atoms with Crippen LogP contribution in [-0.4, -0.2) is 49.6 Å². The molecule has 0 fully saturated rings. The fourth-order valence-corrected chi connectivity index (χ4v) is 4.06. The number of amides is 2. The van der Waals surface area contributed by atoms with Gasteiger partial charge in [-0.25, -0.2) is 0 Å². The van der Waals surface area contributed by atoms with Crippen LogP contribution < -0.4 is 19.5 Å². The van der Waals surface area contributed by atoms with Crippen LogP contribution in [0.4, 0.5) is 0 Å². The van der Waals surface area contributed by atoms with Gasteiger partial charge in [-0.15, -0.1) is 0 Å². The predicted octanol–water partition coefficient (Wildman–Crippen LogP) is 4.95. The zero-order valence-corrected chi connectivity index (χ0v) is 22.9. The van der Waals surface area contributed by atoms with Crippen LogP contribution >= 0.6 is 0 Å². The Kier molecular flexibility index (Phi) is 10.6. The second-order valence-corrected chi connectivity index (χ2v) is 9.31. The molecule has 202 valence electrons. The lowest BCUT2D eigenvalue weighted by molar-refractivity contribution is -0.143. The number of ether oxygens (including phenoxy) is 3. The van der Waals surface area contributed by atoms with Crippen molar-refractivity contribution in [3.63, 3.8) is 0 Å². The third-order valence-electron chi connectivity index (χ3n) is 6.56. The van der Waals surface area contributed by atoms with Gasteiger partial charge in [-0.1, -0.05) is 61.5 Å². The molecule has 0 spiro atoms. The largest absolute Gasteiger partial charge is 0.496 e. The van der Waals surface area contributed by atoms with Crippen molar-refractivity contribution in [3.05, 3.63) is 89.5 Å². The lowest BCUT2D eigenvalue weighted by atomic mass is 10.0. The Labute approximate surface area is 225 Å². The summed E-state index contributed by atoms with van der Waals surface area (Å²) in [6.07, 6.45) is 1.17. The number of benzene rings is 3. The van der Waals surface area contributed by atoms with Crippen molar-refractivity contribution < 1.29 is 23.8 Å². The maximum Gasteiger partial charge on any atom is 0.261 e. The van der Waals surface area contributed by atoms with Crippen LogP contribution in [-0.2, 0) is 22.6 Å². The van der Waals surface area contributed by atoms with Crippen molar-refractivity contribution in [2.75, 3.05) is 20.8 Å². The number of hydrogen-bond acceptors (Lipinski definition) is 5. The highest BCUT2D eigenvalue weighted by Gasteiger charge is 2.31. The molecule has 0 bridgehead atoms. The fourth-order valence-electron chi connectivity index (χ4n) is 4.06. The first-order chi connectivity index (χ1) is 18.3. The van der Waals surface area contributed by atoms with Crippen molar-refractivity contribution >= 4 is 11.8 Å². The maximum absolute atomic E-state index is 13.8. The number of nitrogens with zero attached hydrogens (tertiary/aromatic N) is 1. The van der Waals surface area contributed by atoms with E-state index in [1.165, 1.54) is 0 Å². The second-order valence-electron chi connectivity index (χ2n) is 9.31. The second kappa shape index (κ2) is 14.1. The Morgan fingerprint density at radius 2 is 1.50 bits per heavy atom. The molecule has 0 saturated carbocycles. The van der Waals surface area contributed by atoms with Crippen LogP contribution in [0.5, 0.6) is 17.2 Å². The van der Waals surface area contributed by atoms with E-state index < -0.39 is 6.04 Å². The van der Waals surface area contributed by atoms with Gasteiger partial charge in [-0.3, -0.25) is 9.59 Å². The van der Waals surface area contributed by atoms with Gasteiger partial charge >= 0.3 is 0 Å². The minimum Gasteiger partial charge on any atom is -0.496 e. The molecule has 3 aromatic rings. The molecule has 0 aliphatic rings. The Morgan fingerprint density at radius 3 is 2.11 bits per heavy atom. The topological polar surface area (TPSA) is 77.1 Å². The molecule has 0 heterocycles. The van der Waals surface area contributed by atoms with Gasteiger partial charge in [0, 0.05) is 37.2 Å². The summed E-state index contributed by atoms with van der Waals surface area (Å²) in [5.74, 6) is 1.06. The molecule has 0 aromatic heterocycles. The first kappa shape index (κ1) is 28.6. The number of carbonyl (C=O) groups excluding carboxylic acids is 2. The summed E-state index contributed by atoms with van der Waals surface area (Å²) in [6.45, 7) is 6.02. The van der Waals surface area contributed by atoms with Gasteiger partial charge in [-0.05, 0) is 37.0 Å². The number of rotatable bonds is 13. The Hall–Kier alpha value is -4.00. The van der Waals surface area contributed by atoms with Crippen LogP contribution in [0.25, 0.3) is 0 Å². The predicted molar refractivity (Wildman–Crippen MR) is 149 cm³/mol. The standard InChI is InChI=1S/C31H38N2O5/c1-6-23(3)32-31(35)29(16-24-13-8-7-9-14-24)33(20-25-15-11-10-12-22(25)2)30(34)21-38-28-18-26(36-4)17-27(19-28)37-5/h7-15,17-19,23,29H,6,16,20-21H2,1-5H3,(H,32,35). The van der Waals surface area contributed by atoms with Crippen LogP contribution in [0.3, 0.4) is 0 Å². The van der Waals surface area contributed by atoms with E-state index in [0.29, 0.717) is 23.7 Å². The van der Waals surface area contributed by atoms with Crippen LogP contribution in [0, 0.1) is 6.92 Å². The van der Waals surface area contributed by atoms with Crippen molar-refractivity contribution in [2.45, 2.75) is 52.2 Å². The van der Waals surface area contributed by atoms with E-state index in [1.807, 2.05) is 75.4 Å². The minimum absolute atomic E-state index is 0.0170. The first-order valence-electron chi connectivity index (χ1n) is 12.9. The zero-order valence-electron chi connectivity index (χ0n) is 22.9. The van der Waals surface area contributed by atoms with Gasteiger partial charge in [0.25, 0.3) is 5.91 Å². The summed E-state index contributed by atoms with van der Waals surface area (Å²) in [4.78, 5) is 29.0. The van der Waals surface area contributed by atoms with E-state index in [4.69, 9.17) is 14.2 Å². The summed E-state index contributed by atoms with van der Waals surface area (Å²) in [7, 11) is 3.11. The molecule has 0 radical (unpaired) electrons. The first-order valence-corrected chi connectivity index (χ1v) is 12.9. The van der Waals surface area contributed by atoms with Gasteiger partial charge in [0.15, 0.2) is 6.61 Å². The number of methoxy groups -OCH3 is 2. The van der Waals surface area contributed by atoms with E-state index in [1.54, 1.807) is 37.3 Å². The molecule has 7 nitrogen and oxygen atoms in total. The lowest BCUT2D eigenvalue weighted by Crippen LogP contribution is -2.53. The Bertz CT molecular complexity index is 1180. The smallest absolute Gasteiger partial charge is 0.261 e. The third kappa shape index (κ3) is 8.00. The SMILES string of the molecule is CCC(C)NC(=O)C(Cc1ccccc1)N(Cc1ccccc1C)C(=O)COc1cc(OC)cc(OC)c1. The summed E-state index contributed by atoms with van der Waals surface area (Å²) < 4.78 is 16.5. The van der Waals surface area contributed by atoms with Gasteiger partial charge in [0.05, 0.1) is 14.2 Å². The van der Waals surface area contributed by atoms with Crippen LogP contribution in [0.1, 0.15) is 37.0 Å². The molecule has 0 saturated heterocycles. The fraction of sp³-hybridized carbons (Fsp3) is 0.355. The molecule has 0 aliphatic heterocycles. The maximum atomic E-state index is 13.8. The zero-order chi connectivity index (χ0) is 27.5. The quantitative estimate of drug-likeness (QED) is 0.347. The number of hydrogen-bond donors (Lipinski definition) is 1. The van der Waals surface area contributed by atoms with E-state index in [2.05, 4.69) is 5.32 Å². The summed E-state index contributed by atoms with van der Waals surface area (Å²) in [6, 6.07) is 22.0. The third-order valence-corrected chi connectivity index (χ3v) is 6.56. The highest BCUT2D eigenvalue weighted by atomic mass is 16.5. The van der Waals surface area contributed by atoms with E-state index in [9.17, 15) is 9.59 Å². The summed E-state index contributed by atoms with van der Waals surface area (Å²) in [5, 5.41) is 3.08. The van der Waals surface area contributed by atoms with Gasteiger partial charge in [0.1, 0.15) is 23.3 Å². The number of carbonyl (C=O) groups is 2. The van der Waals surface area contributed by atoms with E-state index >= 15 is 0 Å². The van der Waals surface area contributed by atoms with Crippen molar-refractivity contribution in [1.82, 2.24) is 10.2 Å². The summed E-state index contributed by atoms with van der Waals surface area (Å²) >= 11 is 0. The molecular formula is C31H38N2O5. The Balaban J connectivity index is 1.94. The number of aryl methyl sites for hydroxylation is 1. The molecule has 7 heteroatoms. The molecule has 38 heavy (non-hydrogen) atoms. The highest BCUT2D eigenvalue weighted by Crippen LogP contribution is 2.27. The molecule has 1 N–H and O–H groups in total. The van der Waals surface area contributed by atoms with Gasteiger partial charge in [0.2, 0.25) is 5.91 Å². The van der Waals surface area contributed by atoms with Crippen molar-refractivity contribution in [3.8, 4) is 17.2 Å². The van der Waals surface area contributed by atoms with Crippen molar-refractivity contribution in [1.29, 1.82) is 0 Å². The highest BCUT2D eigenvalue weighted by molar-refractivity contribution is 5.88. The van der Waals surface area contributed by atoms with Crippen LogP contribution in [0.15, 0.2) is 72.8 Å². The van der Waals surface area contributed by atoms with E-state index in [-0.39, 0.29) is 31.0 Å². The molecule has 2 unspecified atom stereocenters. The number of nitrogens with one attached hydrogen (secondary N) is 1. The average molecular weight is 519 g/mol. The normalized spacial score (nSPS) is 12.2. The molecule has 3 rings (SSSR count). The summed E-state index contributed by atoms with van der Waals surface area (Å²) in [5.41, 5.74) is 2.99. The molecule has 0 aliphatic carbocycles. The van der Waals surface area contributed by atoms with Crippen LogP contribution in [0.2, 0.25) is 0 Å². The molecule has 3 aromatic carbocycles. The van der Waals surface area contributed by atoms with Gasteiger partial charge < -0.3 is 24.4 Å². The van der Waals surface area contributed by atoms with Gasteiger partial charge in [-0.2, -0.15) is 0 Å². The van der Waals surface area contributed by atoms with Crippen molar-refractivity contribution in [2.24, 2.45) is 0 Å². The minimum atomic E-state index is -0.720. The average Bonchev–Trinajstić information content (AvgIpc) is 2.94. The molecule has 2 amide bonds. The molecule has 2 atom stereocenters. The lowest BCUT2D eigenvalue weighted by Gasteiger charge is -2.32.